The first-order valence-corrected chi connectivity index (χ1v) is 15.8. The summed E-state index contributed by atoms with van der Waals surface area (Å²) in [7, 11) is 0.215. The molecule has 4 rings (SSSR count). The first kappa shape index (κ1) is 21.9. The van der Waals surface area contributed by atoms with Gasteiger partial charge in [0.1, 0.15) is 7.11 Å². The zero-order valence-electron chi connectivity index (χ0n) is 20.1. The molecule has 29 heavy (non-hydrogen) atoms. The highest BCUT2D eigenvalue weighted by Crippen LogP contribution is 2.67. The van der Waals surface area contributed by atoms with Crippen LogP contribution in [0.1, 0.15) is 78.6 Å². The fourth-order valence-electron chi connectivity index (χ4n) is 8.72. The Labute approximate surface area is 180 Å². The van der Waals surface area contributed by atoms with Crippen molar-refractivity contribution in [3.8, 4) is 0 Å². The van der Waals surface area contributed by atoms with Gasteiger partial charge in [0.05, 0.1) is 5.71 Å². The zero-order valence-corrected chi connectivity index (χ0v) is 21.1. The lowest BCUT2D eigenvalue weighted by molar-refractivity contribution is -0.109. The van der Waals surface area contributed by atoms with E-state index in [1.165, 1.54) is 57.1 Å². The van der Waals surface area contributed by atoms with Gasteiger partial charge in [-0.05, 0) is 125 Å². The third-order valence-corrected chi connectivity index (χ3v) is 11.0. The minimum absolute atomic E-state index is 0.433. The Hall–Kier alpha value is -0.353. The second-order valence-electron chi connectivity index (χ2n) is 12.4. The van der Waals surface area contributed by atoms with Crippen LogP contribution >= 0.6 is 0 Å². The lowest BCUT2D eigenvalue weighted by Gasteiger charge is -2.60. The number of nitrogens with zero attached hydrogens (tertiary/aromatic N) is 1. The van der Waals surface area contributed by atoms with Gasteiger partial charge in [-0.2, -0.15) is 0 Å². The minimum atomic E-state index is -1.48. The lowest BCUT2D eigenvalue weighted by atomic mass is 9.44. The van der Waals surface area contributed by atoms with Crippen molar-refractivity contribution in [1.29, 1.82) is 0 Å². The Kier molecular flexibility index (Phi) is 5.77. The molecule has 0 amide bonds. The summed E-state index contributed by atoms with van der Waals surface area (Å²) in [5.74, 6) is 4.38. The fraction of sp³-hybridized carbons (Fsp3) is 0.960. The van der Waals surface area contributed by atoms with E-state index in [-0.39, 0.29) is 0 Å². The molecule has 0 aromatic rings. The normalized spacial score (nSPS) is 47.3. The number of oxime groups is 1. The average Bonchev–Trinajstić information content (AvgIpc) is 2.98. The molecule has 0 bridgehead atoms. The predicted octanol–water partition coefficient (Wildman–Crippen LogP) is 6.89. The van der Waals surface area contributed by atoms with Gasteiger partial charge in [-0.15, -0.1) is 0 Å². The summed E-state index contributed by atoms with van der Waals surface area (Å²) < 4.78 is 6.63. The van der Waals surface area contributed by atoms with Crippen molar-refractivity contribution in [2.24, 2.45) is 45.6 Å². The van der Waals surface area contributed by atoms with Gasteiger partial charge in [0.25, 0.3) is 0 Å². The average molecular weight is 420 g/mol. The maximum absolute atomic E-state index is 6.63. The monoisotopic (exact) mass is 419 g/mol. The molecule has 3 unspecified atom stereocenters. The van der Waals surface area contributed by atoms with Gasteiger partial charge in [-0.3, -0.25) is 0 Å². The second kappa shape index (κ2) is 7.65. The van der Waals surface area contributed by atoms with Gasteiger partial charge in [-0.25, -0.2) is 0 Å². The Morgan fingerprint density at radius 2 is 1.69 bits per heavy atom. The van der Waals surface area contributed by atoms with Gasteiger partial charge in [0.2, 0.25) is 0 Å². The molecule has 3 nitrogen and oxygen atoms in total. The molecular formula is C25H45NO2Si. The van der Waals surface area contributed by atoms with Crippen molar-refractivity contribution < 1.29 is 9.26 Å². The van der Waals surface area contributed by atoms with Crippen molar-refractivity contribution in [3.05, 3.63) is 0 Å². The van der Waals surface area contributed by atoms with Crippen LogP contribution in [0.15, 0.2) is 5.16 Å². The van der Waals surface area contributed by atoms with Gasteiger partial charge < -0.3 is 9.26 Å². The molecule has 8 atom stereocenters. The molecule has 4 fully saturated rings. The first-order chi connectivity index (χ1) is 13.6. The fourth-order valence-corrected chi connectivity index (χ4v) is 10.0. The van der Waals surface area contributed by atoms with E-state index in [9.17, 15) is 0 Å². The topological polar surface area (TPSA) is 30.8 Å². The molecule has 0 spiro atoms. The smallest absolute Gasteiger partial charge is 0.184 e. The molecule has 166 valence electrons. The van der Waals surface area contributed by atoms with Crippen LogP contribution in [-0.2, 0) is 9.26 Å². The van der Waals surface area contributed by atoms with Crippen molar-refractivity contribution in [2.45, 2.75) is 104 Å². The maximum atomic E-state index is 6.63. The van der Waals surface area contributed by atoms with Crippen LogP contribution in [-0.4, -0.2) is 27.2 Å². The lowest BCUT2D eigenvalue weighted by Crippen LogP contribution is -2.54. The molecule has 0 saturated heterocycles. The van der Waals surface area contributed by atoms with E-state index in [4.69, 9.17) is 9.26 Å². The van der Waals surface area contributed by atoms with Crippen LogP contribution in [0, 0.1) is 40.4 Å². The van der Waals surface area contributed by atoms with E-state index < -0.39 is 8.32 Å². The maximum Gasteiger partial charge on any atom is 0.184 e. The second-order valence-corrected chi connectivity index (χ2v) is 16.8. The molecule has 0 N–H and O–H groups in total. The van der Waals surface area contributed by atoms with E-state index in [2.05, 4.69) is 45.6 Å². The van der Waals surface area contributed by atoms with Crippen LogP contribution < -0.4 is 0 Å². The van der Waals surface area contributed by atoms with Crippen molar-refractivity contribution in [3.63, 3.8) is 0 Å². The standard InChI is InChI=1S/C25H45NO2Si/c1-17(28-29(5,6)7)21-10-11-22-20-9-8-18-16-19(26-27-4)12-14-24(18,2)23(20)13-15-25(21,22)3/h17-18,20-23H,8-16H2,1-7H3/t17-,18-,20?,21-,22?,23?,24+,25-/m1/s1. The van der Waals surface area contributed by atoms with E-state index in [1.54, 1.807) is 7.11 Å². The number of fused-ring (bicyclic) bond motifs is 5. The zero-order chi connectivity index (χ0) is 21.0. The van der Waals surface area contributed by atoms with Crippen LogP contribution in [0.4, 0.5) is 0 Å². The molecular weight excluding hydrogens is 374 g/mol. The SMILES string of the molecule is CON=C1CC[C@]2(C)C3CC[C@@]4(C)C(CC[C@@H]4[C@@H](C)O[Si](C)(C)C)C3CC[C@@H]2C1. The molecule has 0 heterocycles. The van der Waals surface area contributed by atoms with Crippen molar-refractivity contribution in [1.82, 2.24) is 0 Å². The molecule has 4 heteroatoms. The quantitative estimate of drug-likeness (QED) is 0.367. The summed E-state index contributed by atoms with van der Waals surface area (Å²) in [4.78, 5) is 5.12. The Balaban J connectivity index is 1.52. The summed E-state index contributed by atoms with van der Waals surface area (Å²) in [6.07, 6.45) is 12.6. The van der Waals surface area contributed by atoms with Gasteiger partial charge >= 0.3 is 0 Å². The predicted molar refractivity (Wildman–Crippen MR) is 124 cm³/mol. The van der Waals surface area contributed by atoms with Gasteiger partial charge in [-0.1, -0.05) is 19.0 Å². The Morgan fingerprint density at radius 1 is 0.966 bits per heavy atom. The van der Waals surface area contributed by atoms with Crippen LogP contribution in [0.5, 0.6) is 0 Å². The van der Waals surface area contributed by atoms with Gasteiger partial charge in [0.15, 0.2) is 8.32 Å². The molecule has 4 saturated carbocycles. The highest BCUT2D eigenvalue weighted by molar-refractivity contribution is 6.69. The Morgan fingerprint density at radius 3 is 2.38 bits per heavy atom. The third-order valence-electron chi connectivity index (χ3n) is 9.90. The Bertz CT molecular complexity index is 643. The number of hydrogen-bond donors (Lipinski definition) is 0. The molecule has 0 aromatic carbocycles. The largest absolute Gasteiger partial charge is 0.415 e. The number of hydrogen-bond acceptors (Lipinski definition) is 3. The summed E-state index contributed by atoms with van der Waals surface area (Å²) in [6.45, 7) is 14.7. The van der Waals surface area contributed by atoms with Crippen LogP contribution in [0.25, 0.3) is 0 Å². The summed E-state index contributed by atoms with van der Waals surface area (Å²) in [5, 5.41) is 4.34. The van der Waals surface area contributed by atoms with Crippen molar-refractivity contribution >= 4 is 14.0 Å². The van der Waals surface area contributed by atoms with Gasteiger partial charge in [0, 0.05) is 6.10 Å². The highest BCUT2D eigenvalue weighted by Gasteiger charge is 2.60. The van der Waals surface area contributed by atoms with E-state index in [0.717, 1.165) is 36.0 Å². The minimum Gasteiger partial charge on any atom is -0.415 e. The summed E-state index contributed by atoms with van der Waals surface area (Å²) in [6, 6.07) is 0. The van der Waals surface area contributed by atoms with E-state index >= 15 is 0 Å². The molecule has 4 aliphatic rings. The highest BCUT2D eigenvalue weighted by atomic mass is 28.4. The molecule has 4 aliphatic carbocycles. The summed E-state index contributed by atoms with van der Waals surface area (Å²) in [5.41, 5.74) is 2.34. The van der Waals surface area contributed by atoms with E-state index in [1.807, 2.05) is 0 Å². The molecule has 0 radical (unpaired) electrons. The third kappa shape index (κ3) is 3.75. The summed E-state index contributed by atoms with van der Waals surface area (Å²) >= 11 is 0. The van der Waals surface area contributed by atoms with Crippen LogP contribution in [0.2, 0.25) is 19.6 Å². The first-order valence-electron chi connectivity index (χ1n) is 12.4. The number of rotatable bonds is 4. The van der Waals surface area contributed by atoms with E-state index in [0.29, 0.717) is 16.9 Å². The van der Waals surface area contributed by atoms with Crippen LogP contribution in [0.3, 0.4) is 0 Å². The molecule has 0 aliphatic heterocycles. The van der Waals surface area contributed by atoms with Crippen molar-refractivity contribution in [2.75, 3.05) is 7.11 Å². The molecule has 0 aromatic heterocycles.